The van der Waals surface area contributed by atoms with E-state index in [1.807, 2.05) is 12.1 Å². The van der Waals surface area contributed by atoms with Crippen LogP contribution in [0.5, 0.6) is 5.75 Å². The summed E-state index contributed by atoms with van der Waals surface area (Å²) in [4.78, 5) is 14.2. The van der Waals surface area contributed by atoms with Gasteiger partial charge in [0.1, 0.15) is 17.3 Å². The lowest BCUT2D eigenvalue weighted by Gasteiger charge is -2.20. The molecule has 1 aromatic carbocycles. The summed E-state index contributed by atoms with van der Waals surface area (Å²) in [6.45, 7) is 0.582. The summed E-state index contributed by atoms with van der Waals surface area (Å²) in [6.07, 6.45) is 3.15. The molecule has 0 atom stereocenters. The Bertz CT molecular complexity index is 732. The van der Waals surface area contributed by atoms with Crippen molar-refractivity contribution in [2.45, 2.75) is 13.1 Å². The van der Waals surface area contributed by atoms with E-state index in [0.29, 0.717) is 35.4 Å². The monoisotopic (exact) mass is 345 g/mol. The minimum absolute atomic E-state index is 0.0955. The number of ether oxygens (including phenoxy) is 1. The Balaban J connectivity index is 1.65. The topological polar surface area (TPSA) is 55.8 Å². The third-order valence-corrected chi connectivity index (χ3v) is 3.60. The van der Waals surface area contributed by atoms with Gasteiger partial charge in [-0.15, -0.1) is 0 Å². The lowest BCUT2D eigenvalue weighted by atomic mass is 10.3. The zero-order valence-corrected chi connectivity index (χ0v) is 13.6. The smallest absolute Gasteiger partial charge is 0.261 e. The van der Waals surface area contributed by atoms with Gasteiger partial charge in [0.15, 0.2) is 6.61 Å². The van der Waals surface area contributed by atoms with Crippen molar-refractivity contribution >= 4 is 17.5 Å². The van der Waals surface area contributed by atoms with E-state index in [1.54, 1.807) is 53.8 Å². The number of hydrogen-bond donors (Lipinski definition) is 0. The Kier molecular flexibility index (Phi) is 5.23. The quantitative estimate of drug-likeness (QED) is 0.646. The first kappa shape index (κ1) is 16.2. The summed E-state index contributed by atoms with van der Waals surface area (Å²) in [7, 11) is 0. The van der Waals surface area contributed by atoms with Gasteiger partial charge in [0.25, 0.3) is 5.91 Å². The Morgan fingerprint density at radius 2 is 1.67 bits per heavy atom. The highest BCUT2D eigenvalue weighted by molar-refractivity contribution is 6.30. The highest BCUT2D eigenvalue weighted by atomic mass is 35.5. The molecular weight excluding hydrogens is 330 g/mol. The van der Waals surface area contributed by atoms with E-state index in [0.717, 1.165) is 0 Å². The van der Waals surface area contributed by atoms with Crippen LogP contribution in [0.25, 0.3) is 0 Å². The lowest BCUT2D eigenvalue weighted by molar-refractivity contribution is -0.135. The molecule has 3 rings (SSSR count). The average molecular weight is 346 g/mol. The van der Waals surface area contributed by atoms with E-state index in [4.69, 9.17) is 25.2 Å². The molecule has 0 aliphatic carbocycles. The molecule has 2 aromatic heterocycles. The third kappa shape index (κ3) is 4.43. The second kappa shape index (κ2) is 7.75. The number of hydrogen-bond acceptors (Lipinski definition) is 4. The fraction of sp³-hybridized carbons (Fsp3) is 0.167. The van der Waals surface area contributed by atoms with Crippen LogP contribution in [0.1, 0.15) is 11.5 Å². The maximum absolute atomic E-state index is 12.5. The molecule has 0 fully saturated rings. The molecule has 24 heavy (non-hydrogen) atoms. The van der Waals surface area contributed by atoms with Crippen LogP contribution >= 0.6 is 11.6 Å². The standard InChI is InChI=1S/C18H16ClNO4/c19-14-4-1-5-15(10-14)24-13-18(21)20(11-16-6-2-8-22-16)12-17-7-3-9-23-17/h1-10H,11-13H2. The molecular formula is C18H16ClNO4. The van der Waals surface area contributed by atoms with Crippen molar-refractivity contribution in [2.24, 2.45) is 0 Å². The van der Waals surface area contributed by atoms with Crippen molar-refractivity contribution in [2.75, 3.05) is 6.61 Å². The number of nitrogens with zero attached hydrogens (tertiary/aromatic N) is 1. The summed E-state index contributed by atoms with van der Waals surface area (Å²) < 4.78 is 16.2. The summed E-state index contributed by atoms with van der Waals surface area (Å²) >= 11 is 5.91. The molecule has 124 valence electrons. The number of carbonyl (C=O) groups is 1. The second-order valence-electron chi connectivity index (χ2n) is 5.15. The summed E-state index contributed by atoms with van der Waals surface area (Å²) in [6, 6.07) is 14.1. The molecule has 0 aliphatic heterocycles. The summed E-state index contributed by atoms with van der Waals surface area (Å²) in [5.74, 6) is 1.75. The first-order valence-corrected chi connectivity index (χ1v) is 7.79. The van der Waals surface area contributed by atoms with Crippen molar-refractivity contribution in [1.82, 2.24) is 4.90 Å². The second-order valence-corrected chi connectivity index (χ2v) is 5.59. The molecule has 1 amide bonds. The van der Waals surface area contributed by atoms with E-state index >= 15 is 0 Å². The number of carbonyl (C=O) groups excluding carboxylic acids is 1. The van der Waals surface area contributed by atoms with Crippen molar-refractivity contribution in [3.63, 3.8) is 0 Å². The Morgan fingerprint density at radius 1 is 1.00 bits per heavy atom. The molecule has 0 radical (unpaired) electrons. The van der Waals surface area contributed by atoms with Gasteiger partial charge in [-0.25, -0.2) is 0 Å². The van der Waals surface area contributed by atoms with Crippen molar-refractivity contribution in [1.29, 1.82) is 0 Å². The number of rotatable bonds is 7. The Hall–Kier alpha value is -2.66. The van der Waals surface area contributed by atoms with Gasteiger partial charge >= 0.3 is 0 Å². The average Bonchev–Trinajstić information content (AvgIpc) is 3.26. The van der Waals surface area contributed by atoms with Crippen LogP contribution in [0, 0.1) is 0 Å². The molecule has 0 aliphatic rings. The molecule has 5 nitrogen and oxygen atoms in total. The van der Waals surface area contributed by atoms with Crippen molar-refractivity contribution in [3.8, 4) is 5.75 Å². The lowest BCUT2D eigenvalue weighted by Crippen LogP contribution is -2.33. The number of halogens is 1. The van der Waals surface area contributed by atoms with Gasteiger partial charge in [0.2, 0.25) is 0 Å². The van der Waals surface area contributed by atoms with Crippen molar-refractivity contribution in [3.05, 3.63) is 77.6 Å². The maximum Gasteiger partial charge on any atom is 0.261 e. The van der Waals surface area contributed by atoms with E-state index in [-0.39, 0.29) is 12.5 Å². The van der Waals surface area contributed by atoms with Crippen LogP contribution < -0.4 is 4.74 Å². The highest BCUT2D eigenvalue weighted by Gasteiger charge is 2.18. The van der Waals surface area contributed by atoms with Gasteiger partial charge in [0.05, 0.1) is 25.6 Å². The zero-order chi connectivity index (χ0) is 16.8. The Morgan fingerprint density at radius 3 is 2.21 bits per heavy atom. The summed E-state index contributed by atoms with van der Waals surface area (Å²) in [5, 5.41) is 0.558. The fourth-order valence-corrected chi connectivity index (χ4v) is 2.39. The zero-order valence-electron chi connectivity index (χ0n) is 12.9. The van der Waals surface area contributed by atoms with Crippen LogP contribution in [0.2, 0.25) is 5.02 Å². The molecule has 6 heteroatoms. The number of benzene rings is 1. The molecule has 2 heterocycles. The molecule has 0 unspecified atom stereocenters. The van der Waals surface area contributed by atoms with E-state index in [1.165, 1.54) is 0 Å². The van der Waals surface area contributed by atoms with Gasteiger partial charge in [-0.1, -0.05) is 17.7 Å². The molecule has 0 saturated heterocycles. The highest BCUT2D eigenvalue weighted by Crippen LogP contribution is 2.18. The van der Waals surface area contributed by atoms with E-state index in [2.05, 4.69) is 0 Å². The van der Waals surface area contributed by atoms with Crippen molar-refractivity contribution < 1.29 is 18.4 Å². The SMILES string of the molecule is O=C(COc1cccc(Cl)c1)N(Cc1ccco1)Cc1ccco1. The van der Waals surface area contributed by atoms with Gasteiger partial charge in [-0.3, -0.25) is 4.79 Å². The number of furan rings is 2. The minimum Gasteiger partial charge on any atom is -0.484 e. The van der Waals surface area contributed by atoms with Crippen LogP contribution in [-0.4, -0.2) is 17.4 Å². The molecule has 0 N–H and O–H groups in total. The molecule has 0 bridgehead atoms. The van der Waals surface area contributed by atoms with E-state index < -0.39 is 0 Å². The van der Waals surface area contributed by atoms with Crippen LogP contribution in [0.3, 0.4) is 0 Å². The largest absolute Gasteiger partial charge is 0.484 e. The first-order chi connectivity index (χ1) is 11.7. The van der Waals surface area contributed by atoms with Gasteiger partial charge < -0.3 is 18.5 Å². The van der Waals surface area contributed by atoms with E-state index in [9.17, 15) is 4.79 Å². The first-order valence-electron chi connectivity index (χ1n) is 7.41. The van der Waals surface area contributed by atoms with Gasteiger partial charge in [-0.05, 0) is 42.5 Å². The predicted octanol–water partition coefficient (Wildman–Crippen LogP) is 4.13. The van der Waals surface area contributed by atoms with Gasteiger partial charge in [-0.2, -0.15) is 0 Å². The minimum atomic E-state index is -0.178. The summed E-state index contributed by atoms with van der Waals surface area (Å²) in [5.41, 5.74) is 0. The maximum atomic E-state index is 12.5. The predicted molar refractivity (Wildman–Crippen MR) is 88.6 cm³/mol. The number of amides is 1. The fourth-order valence-electron chi connectivity index (χ4n) is 2.21. The molecule has 0 saturated carbocycles. The van der Waals surface area contributed by atoms with Crippen LogP contribution in [0.4, 0.5) is 0 Å². The molecule has 3 aromatic rings. The molecule has 0 spiro atoms. The normalized spacial score (nSPS) is 10.5. The van der Waals surface area contributed by atoms with Gasteiger partial charge in [0, 0.05) is 5.02 Å². The third-order valence-electron chi connectivity index (χ3n) is 3.36. The Labute approximate surface area is 144 Å². The van der Waals surface area contributed by atoms with Crippen LogP contribution in [-0.2, 0) is 17.9 Å². The van der Waals surface area contributed by atoms with Crippen LogP contribution in [0.15, 0.2) is 69.9 Å².